The van der Waals surface area contributed by atoms with E-state index in [0.29, 0.717) is 5.57 Å². The van der Waals surface area contributed by atoms with Crippen molar-refractivity contribution < 1.29 is 19.4 Å². The maximum atomic E-state index is 11.6. The molecule has 0 radical (unpaired) electrons. The van der Waals surface area contributed by atoms with Crippen molar-refractivity contribution in [2.45, 2.75) is 13.0 Å². The van der Waals surface area contributed by atoms with Gasteiger partial charge in [0.25, 0.3) is 0 Å². The molecular formula is C16H20O4. The molecule has 2 atom stereocenters. The van der Waals surface area contributed by atoms with Crippen LogP contribution in [0.25, 0.3) is 6.08 Å². The molecule has 0 aliphatic carbocycles. The van der Waals surface area contributed by atoms with E-state index in [4.69, 9.17) is 4.74 Å². The Balaban J connectivity index is 2.79. The lowest BCUT2D eigenvalue weighted by Crippen LogP contribution is -2.22. The first kappa shape index (κ1) is 16.0. The molecule has 1 aromatic carbocycles. The molecule has 0 heterocycles. The molecule has 108 valence electrons. The van der Waals surface area contributed by atoms with Crippen LogP contribution in [-0.2, 0) is 14.3 Å². The summed E-state index contributed by atoms with van der Waals surface area (Å²) in [5.74, 6) is -0.936. The Hall–Kier alpha value is -2.07. The van der Waals surface area contributed by atoms with Gasteiger partial charge in [-0.05, 0) is 5.56 Å². The first-order valence-corrected chi connectivity index (χ1v) is 6.32. The summed E-state index contributed by atoms with van der Waals surface area (Å²) in [6.07, 6.45) is 3.95. The number of carbonyl (C=O) groups is 1. The molecule has 1 rings (SSSR count). The normalized spacial score (nSPS) is 14.9. The summed E-state index contributed by atoms with van der Waals surface area (Å²) in [5, 5.41) is 10.1. The molecule has 1 aromatic rings. The third-order valence-corrected chi connectivity index (χ3v) is 2.95. The van der Waals surface area contributed by atoms with Crippen molar-refractivity contribution in [2.75, 3.05) is 14.2 Å². The molecule has 20 heavy (non-hydrogen) atoms. The van der Waals surface area contributed by atoms with Crippen molar-refractivity contribution in [3.63, 3.8) is 0 Å². The van der Waals surface area contributed by atoms with Gasteiger partial charge in [-0.2, -0.15) is 0 Å². The van der Waals surface area contributed by atoms with E-state index in [2.05, 4.69) is 4.74 Å². The van der Waals surface area contributed by atoms with Crippen molar-refractivity contribution in [3.05, 3.63) is 53.8 Å². The molecule has 4 heteroatoms. The van der Waals surface area contributed by atoms with Gasteiger partial charge in [0, 0.05) is 5.92 Å². The smallest absolute Gasteiger partial charge is 0.337 e. The van der Waals surface area contributed by atoms with Crippen molar-refractivity contribution in [2.24, 2.45) is 5.92 Å². The number of rotatable bonds is 6. The lowest BCUT2D eigenvalue weighted by atomic mass is 9.95. The fourth-order valence-corrected chi connectivity index (χ4v) is 1.71. The third kappa shape index (κ3) is 4.55. The minimum absolute atomic E-state index is 0.292. The quantitative estimate of drug-likeness (QED) is 0.492. The van der Waals surface area contributed by atoms with Gasteiger partial charge >= 0.3 is 5.97 Å². The summed E-state index contributed by atoms with van der Waals surface area (Å²) < 4.78 is 9.54. The van der Waals surface area contributed by atoms with Crippen molar-refractivity contribution in [1.82, 2.24) is 0 Å². The number of hydrogen-bond acceptors (Lipinski definition) is 4. The summed E-state index contributed by atoms with van der Waals surface area (Å²) in [7, 11) is 2.74. The number of ether oxygens (including phenoxy) is 2. The summed E-state index contributed by atoms with van der Waals surface area (Å²) in [4.78, 5) is 11.6. The van der Waals surface area contributed by atoms with Crippen molar-refractivity contribution in [1.29, 1.82) is 0 Å². The van der Waals surface area contributed by atoms with Gasteiger partial charge in [-0.3, -0.25) is 0 Å². The number of aliphatic hydroxyl groups excluding tert-OH is 1. The van der Waals surface area contributed by atoms with Gasteiger partial charge in [-0.25, -0.2) is 4.79 Å². The molecule has 1 N–H and O–H groups in total. The zero-order valence-corrected chi connectivity index (χ0v) is 11.9. The predicted octanol–water partition coefficient (Wildman–Crippen LogP) is 2.40. The molecule has 0 saturated carbocycles. The molecule has 4 nitrogen and oxygen atoms in total. The van der Waals surface area contributed by atoms with Crippen LogP contribution in [0.3, 0.4) is 0 Å². The Morgan fingerprint density at radius 2 is 1.90 bits per heavy atom. The average molecular weight is 276 g/mol. The SMILES string of the molecule is CO/C=C(/C(=O)OC)[C@@H](C)[C@@H](O)/C=C/c1ccccc1. The van der Waals surface area contributed by atoms with Gasteiger partial charge in [0.1, 0.15) is 0 Å². The van der Waals surface area contributed by atoms with Crippen LogP contribution in [0.5, 0.6) is 0 Å². The van der Waals surface area contributed by atoms with Crippen LogP contribution in [0.4, 0.5) is 0 Å². The Morgan fingerprint density at radius 3 is 2.45 bits per heavy atom. The van der Waals surface area contributed by atoms with Crippen LogP contribution >= 0.6 is 0 Å². The molecular weight excluding hydrogens is 256 g/mol. The van der Waals surface area contributed by atoms with Gasteiger partial charge in [-0.1, -0.05) is 49.4 Å². The third-order valence-electron chi connectivity index (χ3n) is 2.95. The summed E-state index contributed by atoms with van der Waals surface area (Å²) >= 11 is 0. The Labute approximate surface area is 119 Å². The van der Waals surface area contributed by atoms with E-state index in [9.17, 15) is 9.90 Å². The highest BCUT2D eigenvalue weighted by molar-refractivity contribution is 5.88. The second-order valence-corrected chi connectivity index (χ2v) is 4.35. The van der Waals surface area contributed by atoms with E-state index in [1.807, 2.05) is 36.4 Å². The fourth-order valence-electron chi connectivity index (χ4n) is 1.71. The minimum atomic E-state index is -0.810. The van der Waals surface area contributed by atoms with Crippen LogP contribution in [0.1, 0.15) is 12.5 Å². The van der Waals surface area contributed by atoms with Crippen LogP contribution in [0, 0.1) is 5.92 Å². The van der Waals surface area contributed by atoms with E-state index in [1.165, 1.54) is 20.5 Å². The molecule has 0 amide bonds. The van der Waals surface area contributed by atoms with Crippen LogP contribution in [-0.4, -0.2) is 31.4 Å². The molecule has 0 spiro atoms. The number of esters is 1. The Morgan fingerprint density at radius 1 is 1.25 bits per heavy atom. The molecule has 0 bridgehead atoms. The van der Waals surface area contributed by atoms with Crippen molar-refractivity contribution >= 4 is 12.0 Å². The largest absolute Gasteiger partial charge is 0.504 e. The maximum absolute atomic E-state index is 11.6. The topological polar surface area (TPSA) is 55.8 Å². The molecule has 0 fully saturated rings. The van der Waals surface area contributed by atoms with Gasteiger partial charge in [0.15, 0.2) is 0 Å². The highest BCUT2D eigenvalue weighted by atomic mass is 16.5. The van der Waals surface area contributed by atoms with Crippen LogP contribution in [0.2, 0.25) is 0 Å². The fraction of sp³-hybridized carbons (Fsp3) is 0.312. The summed E-state index contributed by atoms with van der Waals surface area (Å²) in [5.41, 5.74) is 1.27. The van der Waals surface area contributed by atoms with Gasteiger partial charge in [0.2, 0.25) is 0 Å². The molecule has 0 unspecified atom stereocenters. The zero-order chi connectivity index (χ0) is 15.0. The summed E-state index contributed by atoms with van der Waals surface area (Å²) in [6, 6.07) is 9.62. The van der Waals surface area contributed by atoms with Gasteiger partial charge in [0.05, 0.1) is 32.2 Å². The number of carbonyl (C=O) groups excluding carboxylic acids is 1. The van der Waals surface area contributed by atoms with Gasteiger partial charge < -0.3 is 14.6 Å². The van der Waals surface area contributed by atoms with Crippen molar-refractivity contribution in [3.8, 4) is 0 Å². The minimum Gasteiger partial charge on any atom is -0.504 e. The second-order valence-electron chi connectivity index (χ2n) is 4.35. The van der Waals surface area contributed by atoms with Crippen LogP contribution in [0.15, 0.2) is 48.2 Å². The average Bonchev–Trinajstić information content (AvgIpc) is 2.49. The lowest BCUT2D eigenvalue weighted by Gasteiger charge is -2.17. The second kappa shape index (κ2) is 8.17. The van der Waals surface area contributed by atoms with E-state index in [0.717, 1.165) is 5.56 Å². The number of hydrogen-bond donors (Lipinski definition) is 1. The molecule has 0 saturated heterocycles. The first-order valence-electron chi connectivity index (χ1n) is 6.32. The number of benzene rings is 1. The molecule has 0 aromatic heterocycles. The maximum Gasteiger partial charge on any atom is 0.337 e. The van der Waals surface area contributed by atoms with Crippen LogP contribution < -0.4 is 0 Å². The number of methoxy groups -OCH3 is 2. The Kier molecular flexibility index (Phi) is 6.53. The molecule has 0 aliphatic rings. The highest BCUT2D eigenvalue weighted by Gasteiger charge is 2.23. The molecule has 0 aliphatic heterocycles. The first-order chi connectivity index (χ1) is 9.60. The van der Waals surface area contributed by atoms with E-state index >= 15 is 0 Å². The number of aliphatic hydroxyl groups is 1. The van der Waals surface area contributed by atoms with E-state index in [1.54, 1.807) is 13.0 Å². The standard InChI is InChI=1S/C16H20O4/c1-12(14(11-19-2)16(18)20-3)15(17)10-9-13-7-5-4-6-8-13/h4-12,15,17H,1-3H3/b10-9+,14-11+/t12-,15+/m1/s1. The van der Waals surface area contributed by atoms with E-state index in [-0.39, 0.29) is 0 Å². The monoisotopic (exact) mass is 276 g/mol. The van der Waals surface area contributed by atoms with Gasteiger partial charge in [-0.15, -0.1) is 0 Å². The summed E-state index contributed by atoms with van der Waals surface area (Å²) in [6.45, 7) is 1.74. The Bertz CT molecular complexity index is 477. The predicted molar refractivity (Wildman–Crippen MR) is 77.8 cm³/mol. The van der Waals surface area contributed by atoms with E-state index < -0.39 is 18.0 Å². The highest BCUT2D eigenvalue weighted by Crippen LogP contribution is 2.18. The zero-order valence-electron chi connectivity index (χ0n) is 11.9. The lowest BCUT2D eigenvalue weighted by molar-refractivity contribution is -0.137.